The van der Waals surface area contributed by atoms with Gasteiger partial charge in [0.1, 0.15) is 11.6 Å². The highest BCUT2D eigenvalue weighted by atomic mass is 16.5. The molecule has 0 amide bonds. The molecule has 2 aromatic rings. The van der Waals surface area contributed by atoms with Gasteiger partial charge in [-0.15, -0.1) is 5.10 Å². The van der Waals surface area contributed by atoms with Crippen molar-refractivity contribution in [3.05, 3.63) is 58.1 Å². The van der Waals surface area contributed by atoms with Crippen LogP contribution >= 0.6 is 0 Å². The zero-order valence-corrected chi connectivity index (χ0v) is 13.4. The van der Waals surface area contributed by atoms with E-state index in [-0.39, 0.29) is 11.8 Å². The number of nitrogens with two attached hydrogens (primary N) is 1. The van der Waals surface area contributed by atoms with Crippen LogP contribution in [0.2, 0.25) is 0 Å². The fraction of sp³-hybridized carbons (Fsp3) is 0.333. The van der Waals surface area contributed by atoms with Crippen LogP contribution in [-0.2, 0) is 12.8 Å². The van der Waals surface area contributed by atoms with E-state index in [9.17, 15) is 5.26 Å². The molecule has 1 aromatic carbocycles. The molecule has 0 fully saturated rings. The molecule has 0 saturated carbocycles. The number of aromatic amines is 1. The number of aryl methyl sites for hydroxylation is 2. The molecule has 5 heteroatoms. The molecule has 1 atom stereocenters. The first-order valence-corrected chi connectivity index (χ1v) is 7.93. The van der Waals surface area contributed by atoms with Crippen molar-refractivity contribution in [1.29, 1.82) is 5.26 Å². The van der Waals surface area contributed by atoms with Crippen LogP contribution < -0.4 is 10.5 Å². The van der Waals surface area contributed by atoms with Gasteiger partial charge in [0.15, 0.2) is 0 Å². The summed E-state index contributed by atoms with van der Waals surface area (Å²) >= 11 is 0. The van der Waals surface area contributed by atoms with Crippen molar-refractivity contribution in [3.63, 3.8) is 0 Å². The molecule has 23 heavy (non-hydrogen) atoms. The summed E-state index contributed by atoms with van der Waals surface area (Å²) in [6, 6.07) is 10.5. The maximum absolute atomic E-state index is 9.58. The molecule has 0 spiro atoms. The zero-order chi connectivity index (χ0) is 16.4. The summed E-state index contributed by atoms with van der Waals surface area (Å²) in [5.41, 5.74) is 10.6. The van der Waals surface area contributed by atoms with E-state index >= 15 is 0 Å². The Balaban J connectivity index is 2.15. The zero-order valence-electron chi connectivity index (χ0n) is 13.4. The van der Waals surface area contributed by atoms with Gasteiger partial charge >= 0.3 is 0 Å². The number of nitrogens with zero attached hydrogens (tertiary/aromatic N) is 2. The number of allylic oxidation sites excluding steroid dienone is 1. The third-order valence-corrected chi connectivity index (χ3v) is 4.24. The summed E-state index contributed by atoms with van der Waals surface area (Å²) in [5, 5.41) is 16.9. The van der Waals surface area contributed by atoms with Crippen LogP contribution in [0.3, 0.4) is 0 Å². The topological polar surface area (TPSA) is 87.7 Å². The number of nitrogens with one attached hydrogen (secondary N) is 1. The molecule has 3 N–H and O–H groups in total. The molecule has 2 heterocycles. The monoisotopic (exact) mass is 308 g/mol. The molecule has 118 valence electrons. The van der Waals surface area contributed by atoms with Crippen molar-refractivity contribution >= 4 is 0 Å². The van der Waals surface area contributed by atoms with E-state index in [0.29, 0.717) is 11.5 Å². The standard InChI is InChI=1S/C18H20N4O/c1-3-5-14-16-15(12-8-6-11(4-2)7-9-12)13(10-19)17(20)23-18(16)22-21-14/h6-9,15H,3-5,20H2,1-2H3,(H,21,22)/t15-/m1/s1. The van der Waals surface area contributed by atoms with E-state index < -0.39 is 0 Å². The quantitative estimate of drug-likeness (QED) is 0.908. The Morgan fingerprint density at radius 3 is 2.65 bits per heavy atom. The van der Waals surface area contributed by atoms with E-state index in [4.69, 9.17) is 10.5 Å². The number of fused-ring (bicyclic) bond motifs is 1. The first kappa shape index (κ1) is 15.2. The number of hydrogen-bond acceptors (Lipinski definition) is 4. The predicted molar refractivity (Wildman–Crippen MR) is 87.7 cm³/mol. The van der Waals surface area contributed by atoms with E-state index in [1.807, 2.05) is 0 Å². The van der Waals surface area contributed by atoms with E-state index in [1.54, 1.807) is 0 Å². The second-order valence-corrected chi connectivity index (χ2v) is 5.69. The lowest BCUT2D eigenvalue weighted by Gasteiger charge is -2.24. The summed E-state index contributed by atoms with van der Waals surface area (Å²) in [6.45, 7) is 4.23. The summed E-state index contributed by atoms with van der Waals surface area (Å²) in [6.07, 6.45) is 2.82. The Labute approximate surface area is 135 Å². The predicted octanol–water partition coefficient (Wildman–Crippen LogP) is 3.14. The minimum Gasteiger partial charge on any atom is -0.420 e. The Hall–Kier alpha value is -2.74. The Bertz CT molecular complexity index is 780. The molecular formula is C18H20N4O. The van der Waals surface area contributed by atoms with Crippen LogP contribution in [-0.4, -0.2) is 10.2 Å². The minimum absolute atomic E-state index is 0.138. The van der Waals surface area contributed by atoms with E-state index in [0.717, 1.165) is 36.1 Å². The van der Waals surface area contributed by atoms with Crippen molar-refractivity contribution in [3.8, 4) is 11.9 Å². The molecule has 0 bridgehead atoms. The van der Waals surface area contributed by atoms with Crippen molar-refractivity contribution < 1.29 is 4.74 Å². The lowest BCUT2D eigenvalue weighted by Crippen LogP contribution is -2.21. The average molecular weight is 308 g/mol. The highest BCUT2D eigenvalue weighted by molar-refractivity contribution is 5.55. The van der Waals surface area contributed by atoms with Gasteiger partial charge in [-0.2, -0.15) is 5.26 Å². The molecule has 0 saturated heterocycles. The van der Waals surface area contributed by atoms with Gasteiger partial charge in [-0.25, -0.2) is 0 Å². The van der Waals surface area contributed by atoms with Gasteiger partial charge in [-0.3, -0.25) is 5.10 Å². The molecule has 1 aromatic heterocycles. The third-order valence-electron chi connectivity index (χ3n) is 4.24. The van der Waals surface area contributed by atoms with Crippen LogP contribution in [0.4, 0.5) is 0 Å². The molecule has 0 radical (unpaired) electrons. The highest BCUT2D eigenvalue weighted by Crippen LogP contribution is 2.43. The fourth-order valence-corrected chi connectivity index (χ4v) is 3.03. The summed E-state index contributed by atoms with van der Waals surface area (Å²) in [7, 11) is 0. The lowest BCUT2D eigenvalue weighted by atomic mass is 9.83. The third kappa shape index (κ3) is 2.57. The van der Waals surface area contributed by atoms with Crippen molar-refractivity contribution in [1.82, 2.24) is 10.2 Å². The number of hydrogen-bond donors (Lipinski definition) is 2. The van der Waals surface area contributed by atoms with E-state index in [1.165, 1.54) is 5.56 Å². The first-order valence-electron chi connectivity index (χ1n) is 7.93. The smallest absolute Gasteiger partial charge is 0.244 e. The van der Waals surface area contributed by atoms with Gasteiger partial charge in [-0.05, 0) is 24.0 Å². The largest absolute Gasteiger partial charge is 0.420 e. The van der Waals surface area contributed by atoms with Crippen molar-refractivity contribution in [2.24, 2.45) is 5.73 Å². The molecule has 0 unspecified atom stereocenters. The van der Waals surface area contributed by atoms with Crippen LogP contribution in [0, 0.1) is 11.3 Å². The lowest BCUT2D eigenvalue weighted by molar-refractivity contribution is 0.378. The second-order valence-electron chi connectivity index (χ2n) is 5.69. The summed E-state index contributed by atoms with van der Waals surface area (Å²) in [4.78, 5) is 0. The van der Waals surface area contributed by atoms with Crippen LogP contribution in [0.1, 0.15) is 48.6 Å². The normalized spacial score (nSPS) is 16.7. The Morgan fingerprint density at radius 2 is 2.04 bits per heavy atom. The Kier molecular flexibility index (Phi) is 4.07. The molecule has 3 rings (SSSR count). The van der Waals surface area contributed by atoms with E-state index in [2.05, 4.69) is 54.4 Å². The van der Waals surface area contributed by atoms with Gasteiger partial charge in [0.05, 0.1) is 5.92 Å². The van der Waals surface area contributed by atoms with Crippen LogP contribution in [0.25, 0.3) is 0 Å². The van der Waals surface area contributed by atoms with Gasteiger partial charge in [0.25, 0.3) is 0 Å². The minimum atomic E-state index is -0.227. The molecule has 1 aliphatic heterocycles. The first-order chi connectivity index (χ1) is 11.2. The number of rotatable bonds is 4. The number of ether oxygens (including phenoxy) is 1. The second kappa shape index (κ2) is 6.17. The number of aromatic nitrogens is 2. The van der Waals surface area contributed by atoms with Gasteiger partial charge in [-0.1, -0.05) is 44.5 Å². The Morgan fingerprint density at radius 1 is 1.30 bits per heavy atom. The highest BCUT2D eigenvalue weighted by Gasteiger charge is 2.34. The number of nitriles is 1. The van der Waals surface area contributed by atoms with Crippen molar-refractivity contribution in [2.45, 2.75) is 39.0 Å². The summed E-state index contributed by atoms with van der Waals surface area (Å²) < 4.78 is 5.55. The average Bonchev–Trinajstić information content (AvgIpc) is 2.96. The van der Waals surface area contributed by atoms with Gasteiger partial charge < -0.3 is 10.5 Å². The van der Waals surface area contributed by atoms with Crippen LogP contribution in [0.5, 0.6) is 5.88 Å². The van der Waals surface area contributed by atoms with Crippen LogP contribution in [0.15, 0.2) is 35.7 Å². The van der Waals surface area contributed by atoms with Gasteiger partial charge in [0, 0.05) is 11.3 Å². The molecular weight excluding hydrogens is 288 g/mol. The maximum Gasteiger partial charge on any atom is 0.244 e. The van der Waals surface area contributed by atoms with Crippen molar-refractivity contribution in [2.75, 3.05) is 0 Å². The summed E-state index contributed by atoms with van der Waals surface area (Å²) in [5.74, 6) is 0.392. The molecule has 0 aliphatic carbocycles. The fourth-order valence-electron chi connectivity index (χ4n) is 3.03. The molecule has 1 aliphatic rings. The SMILES string of the molecule is CCCc1[nH]nc2c1[C@H](c1ccc(CC)cc1)C(C#N)=C(N)O2. The molecule has 5 nitrogen and oxygen atoms in total. The number of benzene rings is 1. The maximum atomic E-state index is 9.58. The van der Waals surface area contributed by atoms with Gasteiger partial charge in [0.2, 0.25) is 11.8 Å². The number of H-pyrrole nitrogens is 1.